The highest BCUT2D eigenvalue weighted by Gasteiger charge is 2.23. The van der Waals surface area contributed by atoms with Crippen LogP contribution in [-0.4, -0.2) is 19.5 Å². The lowest BCUT2D eigenvalue weighted by atomic mass is 10.2. The lowest BCUT2D eigenvalue weighted by molar-refractivity contribution is 0.0692. The van der Waals surface area contributed by atoms with Crippen LogP contribution in [0.4, 0.5) is 8.78 Å². The van der Waals surface area contributed by atoms with Crippen LogP contribution in [0, 0.1) is 11.6 Å². The molecule has 2 aromatic rings. The van der Waals surface area contributed by atoms with Gasteiger partial charge in [0.2, 0.25) is 0 Å². The van der Waals surface area contributed by atoms with Crippen LogP contribution < -0.4 is 0 Å². The van der Waals surface area contributed by atoms with E-state index in [1.165, 1.54) is 12.1 Å². The molecule has 0 radical (unpaired) electrons. The predicted molar refractivity (Wildman–Crippen MR) is 70.6 cm³/mol. The van der Waals surface area contributed by atoms with Crippen LogP contribution in [-0.2, 0) is 15.6 Å². The Morgan fingerprint density at radius 1 is 1.10 bits per heavy atom. The monoisotopic (exact) mass is 312 g/mol. The number of halogens is 2. The van der Waals surface area contributed by atoms with Gasteiger partial charge in [0.05, 0.1) is 16.2 Å². The molecule has 0 aromatic heterocycles. The van der Waals surface area contributed by atoms with Crippen LogP contribution >= 0.6 is 0 Å². The van der Waals surface area contributed by atoms with Gasteiger partial charge in [-0.2, -0.15) is 0 Å². The summed E-state index contributed by atoms with van der Waals surface area (Å²) < 4.78 is 50.8. The van der Waals surface area contributed by atoms with Crippen molar-refractivity contribution in [2.24, 2.45) is 0 Å². The standard InChI is InChI=1S/C14H10F2O4S/c15-10-6-5-9(12(16)7-10)8-21(19,20)13-4-2-1-3-11(13)14(17)18/h1-7H,8H2,(H,17,18). The van der Waals surface area contributed by atoms with Gasteiger partial charge in [-0.3, -0.25) is 0 Å². The first-order chi connectivity index (χ1) is 9.81. The summed E-state index contributed by atoms with van der Waals surface area (Å²) >= 11 is 0. The van der Waals surface area contributed by atoms with Crippen LogP contribution in [0.1, 0.15) is 15.9 Å². The summed E-state index contributed by atoms with van der Waals surface area (Å²) in [5.74, 6) is -3.96. The fraction of sp³-hybridized carbons (Fsp3) is 0.0714. The molecule has 7 heteroatoms. The zero-order valence-electron chi connectivity index (χ0n) is 10.6. The van der Waals surface area contributed by atoms with Crippen molar-refractivity contribution in [2.45, 2.75) is 10.6 Å². The average Bonchev–Trinajstić information content (AvgIpc) is 2.42. The molecule has 1 N–H and O–H groups in total. The number of sulfone groups is 1. The third-order valence-corrected chi connectivity index (χ3v) is 4.53. The first-order valence-corrected chi connectivity index (χ1v) is 7.45. The Balaban J connectivity index is 2.46. The highest BCUT2D eigenvalue weighted by Crippen LogP contribution is 2.22. The van der Waals surface area contributed by atoms with E-state index in [-0.39, 0.29) is 11.1 Å². The lowest BCUT2D eigenvalue weighted by Crippen LogP contribution is -2.12. The first kappa shape index (κ1) is 15.1. The van der Waals surface area contributed by atoms with E-state index in [1.807, 2.05) is 0 Å². The second-order valence-electron chi connectivity index (χ2n) is 4.30. The quantitative estimate of drug-likeness (QED) is 0.942. The second kappa shape index (κ2) is 5.61. The Hall–Kier alpha value is -2.28. The van der Waals surface area contributed by atoms with Crippen LogP contribution in [0.5, 0.6) is 0 Å². The molecule has 0 saturated carbocycles. The Morgan fingerprint density at radius 3 is 2.38 bits per heavy atom. The molecule has 0 unspecified atom stereocenters. The lowest BCUT2D eigenvalue weighted by Gasteiger charge is -2.08. The molecule has 0 aliphatic rings. The maximum atomic E-state index is 13.5. The highest BCUT2D eigenvalue weighted by molar-refractivity contribution is 7.90. The number of hydrogen-bond acceptors (Lipinski definition) is 3. The molecule has 0 spiro atoms. The number of rotatable bonds is 4. The van der Waals surface area contributed by atoms with Crippen LogP contribution in [0.3, 0.4) is 0 Å². The third kappa shape index (κ3) is 3.25. The number of benzene rings is 2. The van der Waals surface area contributed by atoms with Gasteiger partial charge < -0.3 is 5.11 Å². The molecule has 0 aliphatic carbocycles. The summed E-state index contributed by atoms with van der Waals surface area (Å²) in [6.07, 6.45) is 0. The zero-order chi connectivity index (χ0) is 15.6. The predicted octanol–water partition coefficient (Wildman–Crippen LogP) is 2.64. The Labute approximate surface area is 119 Å². The van der Waals surface area contributed by atoms with E-state index in [9.17, 15) is 22.0 Å². The Bertz CT molecular complexity index is 800. The molecule has 0 amide bonds. The summed E-state index contributed by atoms with van der Waals surface area (Å²) in [6, 6.07) is 7.59. The summed E-state index contributed by atoms with van der Waals surface area (Å²) in [4.78, 5) is 10.6. The molecule has 0 atom stereocenters. The van der Waals surface area contributed by atoms with E-state index in [2.05, 4.69) is 0 Å². The van der Waals surface area contributed by atoms with E-state index in [0.717, 1.165) is 24.3 Å². The molecule has 2 aromatic carbocycles. The minimum Gasteiger partial charge on any atom is -0.478 e. The van der Waals surface area contributed by atoms with Gasteiger partial charge in [-0.05, 0) is 18.2 Å². The van der Waals surface area contributed by atoms with Gasteiger partial charge in [-0.25, -0.2) is 22.0 Å². The van der Waals surface area contributed by atoms with Gasteiger partial charge in [0.25, 0.3) is 0 Å². The molecule has 0 heterocycles. The van der Waals surface area contributed by atoms with Crippen LogP contribution in [0.15, 0.2) is 47.4 Å². The molecule has 0 fully saturated rings. The van der Waals surface area contributed by atoms with Crippen molar-refractivity contribution in [1.82, 2.24) is 0 Å². The summed E-state index contributed by atoms with van der Waals surface area (Å²) in [6.45, 7) is 0. The average molecular weight is 312 g/mol. The number of carboxylic acid groups (broad SMARTS) is 1. The number of carboxylic acids is 1. The van der Waals surface area contributed by atoms with E-state index >= 15 is 0 Å². The van der Waals surface area contributed by atoms with Gasteiger partial charge in [0, 0.05) is 11.6 Å². The number of carbonyl (C=O) groups is 1. The Kier molecular flexibility index (Phi) is 4.04. The fourth-order valence-electron chi connectivity index (χ4n) is 1.84. The molecule has 110 valence electrons. The summed E-state index contributed by atoms with van der Waals surface area (Å²) in [5, 5.41) is 9.00. The van der Waals surface area contributed by atoms with Crippen molar-refractivity contribution in [3.63, 3.8) is 0 Å². The molecule has 0 saturated heterocycles. The maximum absolute atomic E-state index is 13.5. The topological polar surface area (TPSA) is 71.4 Å². The molecular weight excluding hydrogens is 302 g/mol. The van der Waals surface area contributed by atoms with Crippen molar-refractivity contribution in [1.29, 1.82) is 0 Å². The van der Waals surface area contributed by atoms with E-state index in [0.29, 0.717) is 6.07 Å². The smallest absolute Gasteiger partial charge is 0.337 e. The molecule has 2 rings (SSSR count). The molecule has 21 heavy (non-hydrogen) atoms. The van der Waals surface area contributed by atoms with Crippen molar-refractivity contribution in [3.8, 4) is 0 Å². The number of hydrogen-bond donors (Lipinski definition) is 1. The molecule has 0 bridgehead atoms. The van der Waals surface area contributed by atoms with Crippen molar-refractivity contribution in [2.75, 3.05) is 0 Å². The summed E-state index contributed by atoms with van der Waals surface area (Å²) in [7, 11) is -4.07. The minimum absolute atomic E-state index is 0.225. The van der Waals surface area contributed by atoms with E-state index in [4.69, 9.17) is 5.11 Å². The van der Waals surface area contributed by atoms with Gasteiger partial charge in [0.15, 0.2) is 9.84 Å². The fourth-order valence-corrected chi connectivity index (χ4v) is 3.41. The van der Waals surface area contributed by atoms with Crippen molar-refractivity contribution >= 4 is 15.8 Å². The Morgan fingerprint density at radius 2 is 1.76 bits per heavy atom. The SMILES string of the molecule is O=C(O)c1ccccc1S(=O)(=O)Cc1ccc(F)cc1F. The molecule has 4 nitrogen and oxygen atoms in total. The van der Waals surface area contributed by atoms with E-state index < -0.39 is 38.1 Å². The maximum Gasteiger partial charge on any atom is 0.337 e. The third-order valence-electron chi connectivity index (χ3n) is 2.81. The number of aromatic carboxylic acids is 1. The molecular formula is C14H10F2O4S. The zero-order valence-corrected chi connectivity index (χ0v) is 11.4. The van der Waals surface area contributed by atoms with Gasteiger partial charge in [-0.1, -0.05) is 18.2 Å². The van der Waals surface area contributed by atoms with Gasteiger partial charge in [-0.15, -0.1) is 0 Å². The summed E-state index contributed by atoms with van der Waals surface area (Å²) in [5.41, 5.74) is -0.614. The van der Waals surface area contributed by atoms with Gasteiger partial charge in [0.1, 0.15) is 11.6 Å². The largest absolute Gasteiger partial charge is 0.478 e. The van der Waals surface area contributed by atoms with Crippen molar-refractivity contribution < 1.29 is 27.1 Å². The van der Waals surface area contributed by atoms with Crippen molar-refractivity contribution in [3.05, 3.63) is 65.2 Å². The van der Waals surface area contributed by atoms with Crippen LogP contribution in [0.2, 0.25) is 0 Å². The normalized spacial score (nSPS) is 11.3. The first-order valence-electron chi connectivity index (χ1n) is 5.80. The van der Waals surface area contributed by atoms with E-state index in [1.54, 1.807) is 0 Å². The minimum atomic E-state index is -4.07. The highest BCUT2D eigenvalue weighted by atomic mass is 32.2. The second-order valence-corrected chi connectivity index (χ2v) is 6.25. The van der Waals surface area contributed by atoms with Gasteiger partial charge >= 0.3 is 5.97 Å². The molecule has 0 aliphatic heterocycles. The van der Waals surface area contributed by atoms with Crippen LogP contribution in [0.25, 0.3) is 0 Å².